The Labute approximate surface area is 142 Å². The molecule has 2 aromatic rings. The fraction of sp³-hybridized carbons (Fsp3) is 0.176. The van der Waals surface area contributed by atoms with Gasteiger partial charge < -0.3 is 11.1 Å². The lowest BCUT2D eigenvalue weighted by Gasteiger charge is -2.09. The second kappa shape index (κ2) is 6.76. The Kier molecular flexibility index (Phi) is 4.51. The van der Waals surface area contributed by atoms with E-state index in [2.05, 4.69) is 20.3 Å². The highest BCUT2D eigenvalue weighted by molar-refractivity contribution is 6.04. The van der Waals surface area contributed by atoms with E-state index in [4.69, 9.17) is 5.73 Å². The molecular formula is C17H15F2N5O. The van der Waals surface area contributed by atoms with Gasteiger partial charge in [-0.1, -0.05) is 0 Å². The Hall–Kier alpha value is -3.16. The highest BCUT2D eigenvalue weighted by atomic mass is 19.1. The van der Waals surface area contributed by atoms with Crippen molar-refractivity contribution in [3.05, 3.63) is 66.4 Å². The minimum absolute atomic E-state index is 0.0236. The van der Waals surface area contributed by atoms with E-state index < -0.39 is 17.0 Å². The Morgan fingerprint density at radius 2 is 1.96 bits per heavy atom. The van der Waals surface area contributed by atoms with Crippen LogP contribution < -0.4 is 11.1 Å². The maximum Gasteiger partial charge on any atom is 0.259 e. The summed E-state index contributed by atoms with van der Waals surface area (Å²) in [6.07, 6.45) is 8.59. The van der Waals surface area contributed by atoms with Crippen molar-refractivity contribution in [2.75, 3.05) is 5.32 Å². The van der Waals surface area contributed by atoms with Gasteiger partial charge in [0.05, 0.1) is 11.1 Å². The molecular weight excluding hydrogens is 328 g/mol. The van der Waals surface area contributed by atoms with Gasteiger partial charge in [-0.05, 0) is 31.1 Å². The van der Waals surface area contributed by atoms with Gasteiger partial charge in [0.2, 0.25) is 0 Å². The number of aromatic nitrogens is 2. The molecule has 1 amide bonds. The molecule has 1 aliphatic carbocycles. The lowest BCUT2D eigenvalue weighted by Crippen LogP contribution is -2.23. The molecule has 0 bridgehead atoms. The summed E-state index contributed by atoms with van der Waals surface area (Å²) in [6, 6.07) is 3.02. The lowest BCUT2D eigenvalue weighted by molar-refractivity contribution is -0.120. The second-order valence-electron chi connectivity index (χ2n) is 5.65. The third-order valence-electron chi connectivity index (χ3n) is 3.81. The van der Waals surface area contributed by atoms with Gasteiger partial charge in [0.25, 0.3) is 5.91 Å². The van der Waals surface area contributed by atoms with Crippen LogP contribution in [0, 0.1) is 11.6 Å². The molecule has 1 heterocycles. The summed E-state index contributed by atoms with van der Waals surface area (Å²) in [6.45, 7) is 0. The fourth-order valence-corrected chi connectivity index (χ4v) is 2.37. The van der Waals surface area contributed by atoms with E-state index in [1.165, 1.54) is 24.7 Å². The van der Waals surface area contributed by atoms with Gasteiger partial charge in [-0.25, -0.2) is 8.78 Å². The van der Waals surface area contributed by atoms with Crippen LogP contribution in [0.25, 0.3) is 0 Å². The number of carbonyl (C=O) groups excluding carboxylic acids is 1. The minimum atomic E-state index is -0.744. The first-order chi connectivity index (χ1) is 12.0. The van der Waals surface area contributed by atoms with Crippen molar-refractivity contribution in [3.63, 3.8) is 0 Å². The number of hydrogen-bond donors (Lipinski definition) is 2. The molecule has 0 radical (unpaired) electrons. The van der Waals surface area contributed by atoms with Crippen molar-refractivity contribution in [3.8, 4) is 0 Å². The van der Waals surface area contributed by atoms with Crippen molar-refractivity contribution < 1.29 is 13.6 Å². The van der Waals surface area contributed by atoms with Gasteiger partial charge in [0.1, 0.15) is 17.5 Å². The molecule has 8 heteroatoms. The third-order valence-corrected chi connectivity index (χ3v) is 3.81. The van der Waals surface area contributed by atoms with Crippen LogP contribution >= 0.6 is 0 Å². The Balaban J connectivity index is 1.66. The number of hydrogen-bond acceptors (Lipinski definition) is 4. The van der Waals surface area contributed by atoms with E-state index in [-0.39, 0.29) is 17.4 Å². The second-order valence-corrected chi connectivity index (χ2v) is 5.65. The van der Waals surface area contributed by atoms with Crippen molar-refractivity contribution in [2.24, 2.45) is 10.7 Å². The maximum atomic E-state index is 13.1. The maximum absolute atomic E-state index is 13.1. The Morgan fingerprint density at radius 3 is 2.56 bits per heavy atom. The van der Waals surface area contributed by atoms with Crippen molar-refractivity contribution in [1.29, 1.82) is 0 Å². The molecule has 0 saturated heterocycles. The number of nitrogens with two attached hydrogens (primary N) is 1. The first-order valence-electron chi connectivity index (χ1n) is 7.54. The minimum Gasteiger partial charge on any atom is -0.384 e. The molecule has 1 fully saturated rings. The van der Waals surface area contributed by atoms with E-state index >= 15 is 0 Å². The van der Waals surface area contributed by atoms with Crippen LogP contribution in [-0.2, 0) is 10.2 Å². The third kappa shape index (κ3) is 3.85. The molecule has 6 nitrogen and oxygen atoms in total. The molecule has 128 valence electrons. The first kappa shape index (κ1) is 16.7. The Bertz CT molecular complexity index is 827. The SMILES string of the molecule is NC(/C=C\Nc1cc(F)cc(F)c1)=NC(=O)C1(c2cnccn2)CC1. The van der Waals surface area contributed by atoms with Crippen molar-refractivity contribution in [1.82, 2.24) is 9.97 Å². The number of carbonyl (C=O) groups is 1. The standard InChI is InChI=1S/C17H15F2N5O/c18-11-7-12(19)9-13(8-11)22-4-1-15(20)24-16(25)17(2-3-17)14-10-21-5-6-23-14/h1,4-10,22H,2-3H2,(H2,20,24,25)/b4-1-. The van der Waals surface area contributed by atoms with Crippen LogP contribution in [0.2, 0.25) is 0 Å². The predicted molar refractivity (Wildman–Crippen MR) is 88.7 cm³/mol. The molecule has 1 aromatic carbocycles. The van der Waals surface area contributed by atoms with Crippen LogP contribution in [0.15, 0.2) is 54.1 Å². The number of amidine groups is 1. The number of anilines is 1. The number of aliphatic imine (C=N–C) groups is 1. The Morgan fingerprint density at radius 1 is 1.24 bits per heavy atom. The van der Waals surface area contributed by atoms with Crippen LogP contribution in [0.5, 0.6) is 0 Å². The number of halogens is 2. The normalized spacial score (nSPS) is 16.0. The van der Waals surface area contributed by atoms with Crippen LogP contribution in [-0.4, -0.2) is 21.7 Å². The summed E-state index contributed by atoms with van der Waals surface area (Å²) in [5.41, 5.74) is 5.77. The van der Waals surface area contributed by atoms with E-state index in [0.29, 0.717) is 18.5 Å². The van der Waals surface area contributed by atoms with Gasteiger partial charge >= 0.3 is 0 Å². The topological polar surface area (TPSA) is 93.3 Å². The number of amides is 1. The number of nitrogens with one attached hydrogen (secondary N) is 1. The molecule has 0 atom stereocenters. The van der Waals surface area contributed by atoms with Gasteiger partial charge in [-0.3, -0.25) is 14.8 Å². The summed E-state index contributed by atoms with van der Waals surface area (Å²) in [5.74, 6) is -1.81. The average Bonchev–Trinajstić information content (AvgIpc) is 3.36. The zero-order chi connectivity index (χ0) is 17.9. The van der Waals surface area contributed by atoms with E-state index in [1.54, 1.807) is 6.20 Å². The largest absolute Gasteiger partial charge is 0.384 e. The summed E-state index contributed by atoms with van der Waals surface area (Å²) < 4.78 is 26.2. The van der Waals surface area contributed by atoms with Gasteiger partial charge in [0, 0.05) is 36.5 Å². The molecule has 0 unspecified atom stereocenters. The smallest absolute Gasteiger partial charge is 0.259 e. The van der Waals surface area contributed by atoms with E-state index in [9.17, 15) is 13.6 Å². The van der Waals surface area contributed by atoms with Gasteiger partial charge in [-0.2, -0.15) is 4.99 Å². The predicted octanol–water partition coefficient (Wildman–Crippen LogP) is 2.30. The zero-order valence-electron chi connectivity index (χ0n) is 13.1. The molecule has 1 aromatic heterocycles. The van der Waals surface area contributed by atoms with Crippen molar-refractivity contribution >= 4 is 17.4 Å². The van der Waals surface area contributed by atoms with Crippen LogP contribution in [0.3, 0.4) is 0 Å². The number of nitrogens with zero attached hydrogens (tertiary/aromatic N) is 3. The molecule has 0 aliphatic heterocycles. The zero-order valence-corrected chi connectivity index (χ0v) is 13.1. The fourth-order valence-electron chi connectivity index (χ4n) is 2.37. The van der Waals surface area contributed by atoms with Crippen LogP contribution in [0.4, 0.5) is 14.5 Å². The monoisotopic (exact) mass is 343 g/mol. The highest BCUT2D eigenvalue weighted by Crippen LogP contribution is 2.48. The highest BCUT2D eigenvalue weighted by Gasteiger charge is 2.53. The van der Waals surface area contributed by atoms with Crippen molar-refractivity contribution in [2.45, 2.75) is 18.3 Å². The number of rotatable bonds is 5. The quantitative estimate of drug-likeness (QED) is 0.642. The summed E-state index contributed by atoms with van der Waals surface area (Å²) in [7, 11) is 0. The lowest BCUT2D eigenvalue weighted by atomic mass is 10.0. The van der Waals surface area contributed by atoms with Gasteiger partial charge in [0.15, 0.2) is 0 Å². The molecule has 0 spiro atoms. The average molecular weight is 343 g/mol. The van der Waals surface area contributed by atoms with E-state index in [0.717, 1.165) is 18.2 Å². The van der Waals surface area contributed by atoms with Crippen LogP contribution in [0.1, 0.15) is 18.5 Å². The number of benzene rings is 1. The first-order valence-corrected chi connectivity index (χ1v) is 7.54. The molecule has 3 N–H and O–H groups in total. The summed E-state index contributed by atoms with van der Waals surface area (Å²) in [4.78, 5) is 24.4. The molecule has 3 rings (SSSR count). The molecule has 1 saturated carbocycles. The van der Waals surface area contributed by atoms with E-state index in [1.807, 2.05) is 0 Å². The summed E-state index contributed by atoms with van der Waals surface area (Å²) in [5, 5.41) is 2.66. The summed E-state index contributed by atoms with van der Waals surface area (Å²) >= 11 is 0. The molecule has 1 aliphatic rings. The van der Waals surface area contributed by atoms with Gasteiger partial charge in [-0.15, -0.1) is 0 Å². The molecule has 25 heavy (non-hydrogen) atoms.